The molecule has 190 valence electrons. The first kappa shape index (κ1) is 26.6. The fourth-order valence-corrected chi connectivity index (χ4v) is 6.18. The van der Waals surface area contributed by atoms with Gasteiger partial charge in [-0.05, 0) is 52.9 Å². The van der Waals surface area contributed by atoms with Crippen LogP contribution in [0.1, 0.15) is 48.0 Å². The van der Waals surface area contributed by atoms with Crippen molar-refractivity contribution in [1.29, 1.82) is 0 Å². The summed E-state index contributed by atoms with van der Waals surface area (Å²) in [7, 11) is 0. The lowest BCUT2D eigenvalue weighted by Gasteiger charge is -2.46. The molecule has 2 heterocycles. The summed E-state index contributed by atoms with van der Waals surface area (Å²) in [5.41, 5.74) is 1.32. The number of nitrogens with one attached hydrogen (secondary N) is 2. The first-order valence-electron chi connectivity index (χ1n) is 11.4. The van der Waals surface area contributed by atoms with Crippen LogP contribution in [0.15, 0.2) is 46.8 Å². The average Bonchev–Trinajstić information content (AvgIpc) is 2.87. The first-order chi connectivity index (χ1) is 17.2. The number of hydrogen-bond acceptors (Lipinski definition) is 6. The maximum atomic E-state index is 12.7. The molecule has 3 N–H and O–H groups in total. The van der Waals surface area contributed by atoms with E-state index in [1.165, 1.54) is 12.4 Å². The van der Waals surface area contributed by atoms with Crippen LogP contribution in [0, 0.1) is 5.41 Å². The zero-order valence-corrected chi connectivity index (χ0v) is 22.4. The summed E-state index contributed by atoms with van der Waals surface area (Å²) in [5, 5.41) is 16.3. The van der Waals surface area contributed by atoms with Gasteiger partial charge in [-0.3, -0.25) is 14.6 Å². The van der Waals surface area contributed by atoms with Crippen molar-refractivity contribution in [3.8, 4) is 0 Å². The van der Waals surface area contributed by atoms with E-state index in [1.54, 1.807) is 24.3 Å². The van der Waals surface area contributed by atoms with Gasteiger partial charge in [0, 0.05) is 42.9 Å². The molecule has 36 heavy (non-hydrogen) atoms. The second-order valence-corrected chi connectivity index (χ2v) is 10.3. The second kappa shape index (κ2) is 10.9. The number of carboxylic acids is 1. The standard InChI is InChI=1S/C25H24BrCl2N3O5/c1-2-15(20(24(34)35)31-21-19(26)22(32)25(21)7-9-36-10-8-25)13-3-5-14(6-4-13)30-23(33)18-16(27)11-29-12-17(18)28/h3-6,11-12,15,20,31H,2,7-10H2,1H3,(H,30,33)(H,34,35)/t15?,20-/m0/s1. The Morgan fingerprint density at radius 2 is 1.78 bits per heavy atom. The van der Waals surface area contributed by atoms with E-state index in [0.29, 0.717) is 48.3 Å². The van der Waals surface area contributed by atoms with E-state index >= 15 is 0 Å². The third kappa shape index (κ3) is 4.89. The van der Waals surface area contributed by atoms with Crippen molar-refractivity contribution in [2.75, 3.05) is 18.5 Å². The summed E-state index contributed by atoms with van der Waals surface area (Å²) in [6, 6.07) is 5.98. The number of carbonyl (C=O) groups is 3. The Kier molecular flexibility index (Phi) is 8.04. The van der Waals surface area contributed by atoms with Gasteiger partial charge in [-0.15, -0.1) is 0 Å². The van der Waals surface area contributed by atoms with Gasteiger partial charge in [-0.2, -0.15) is 0 Å². The summed E-state index contributed by atoms with van der Waals surface area (Å²) in [5.74, 6) is -1.90. The Morgan fingerprint density at radius 3 is 2.33 bits per heavy atom. The Hall–Kier alpha value is -2.46. The predicted octanol–water partition coefficient (Wildman–Crippen LogP) is 5.16. The van der Waals surface area contributed by atoms with Gasteiger partial charge in [0.2, 0.25) is 0 Å². The molecule has 1 saturated heterocycles. The number of nitrogens with zero attached hydrogens (tertiary/aromatic N) is 1. The number of ketones is 1. The number of hydrogen-bond donors (Lipinski definition) is 3. The molecule has 2 aromatic rings. The summed E-state index contributed by atoms with van der Waals surface area (Å²) in [4.78, 5) is 41.5. The Bertz CT molecular complexity index is 1210. The number of aliphatic carboxylic acids is 1. The summed E-state index contributed by atoms with van der Waals surface area (Å²) in [6.45, 7) is 2.81. The molecule has 1 amide bonds. The zero-order valence-electron chi connectivity index (χ0n) is 19.3. The van der Waals surface area contributed by atoms with E-state index in [2.05, 4.69) is 31.5 Å². The number of pyridine rings is 1. The van der Waals surface area contributed by atoms with Crippen molar-refractivity contribution in [2.45, 2.75) is 38.1 Å². The molecule has 1 aliphatic heterocycles. The van der Waals surface area contributed by atoms with Crippen LogP contribution in [0.2, 0.25) is 10.0 Å². The number of carbonyl (C=O) groups excluding carboxylic acids is 2. The molecule has 1 aromatic carbocycles. The van der Waals surface area contributed by atoms with E-state index in [-0.39, 0.29) is 21.4 Å². The first-order valence-corrected chi connectivity index (χ1v) is 13.0. The van der Waals surface area contributed by atoms with Gasteiger partial charge in [0.05, 0.1) is 25.5 Å². The second-order valence-electron chi connectivity index (χ2n) is 8.74. The van der Waals surface area contributed by atoms with Crippen LogP contribution in [0.3, 0.4) is 0 Å². The van der Waals surface area contributed by atoms with Crippen LogP contribution >= 0.6 is 39.1 Å². The highest BCUT2D eigenvalue weighted by Crippen LogP contribution is 2.51. The zero-order chi connectivity index (χ0) is 26.0. The van der Waals surface area contributed by atoms with E-state index < -0.39 is 29.3 Å². The van der Waals surface area contributed by atoms with Crippen molar-refractivity contribution in [3.05, 3.63) is 68.0 Å². The van der Waals surface area contributed by atoms with Gasteiger partial charge < -0.3 is 20.5 Å². The molecule has 1 fully saturated rings. The molecule has 1 aromatic heterocycles. The molecule has 8 nitrogen and oxygen atoms in total. The Balaban J connectivity index is 1.53. The van der Waals surface area contributed by atoms with Gasteiger partial charge in [0.25, 0.3) is 5.91 Å². The summed E-state index contributed by atoms with van der Waals surface area (Å²) < 4.78 is 5.82. The number of allylic oxidation sites excluding steroid dienone is 2. The van der Waals surface area contributed by atoms with E-state index in [0.717, 1.165) is 5.56 Å². The van der Waals surface area contributed by atoms with Crippen molar-refractivity contribution in [2.24, 2.45) is 5.41 Å². The van der Waals surface area contributed by atoms with Gasteiger partial charge in [0.1, 0.15) is 6.04 Å². The lowest BCUT2D eigenvalue weighted by atomic mass is 9.65. The molecule has 1 aliphatic carbocycles. The molecule has 1 spiro atoms. The molecule has 11 heteroatoms. The largest absolute Gasteiger partial charge is 0.480 e. The molecule has 2 atom stereocenters. The number of ether oxygens (including phenoxy) is 1. The maximum Gasteiger partial charge on any atom is 0.326 e. The van der Waals surface area contributed by atoms with Gasteiger partial charge in [0.15, 0.2) is 5.78 Å². The number of anilines is 1. The van der Waals surface area contributed by atoms with E-state index in [1.807, 2.05) is 6.92 Å². The molecule has 0 bridgehead atoms. The molecule has 2 aliphatic rings. The lowest BCUT2D eigenvalue weighted by Crippen LogP contribution is -2.55. The van der Waals surface area contributed by atoms with Crippen molar-refractivity contribution in [3.63, 3.8) is 0 Å². The number of carboxylic acid groups (broad SMARTS) is 1. The topological polar surface area (TPSA) is 118 Å². The van der Waals surface area contributed by atoms with Crippen LogP contribution in [-0.4, -0.2) is 47.0 Å². The molecule has 1 unspecified atom stereocenters. The van der Waals surface area contributed by atoms with Crippen LogP contribution < -0.4 is 10.6 Å². The molecule has 4 rings (SSSR count). The lowest BCUT2D eigenvalue weighted by molar-refractivity contribution is -0.141. The minimum atomic E-state index is -1.02. The third-order valence-electron chi connectivity index (χ3n) is 6.76. The fraction of sp³-hybridized carbons (Fsp3) is 0.360. The normalized spacial score (nSPS) is 18.4. The van der Waals surface area contributed by atoms with Crippen LogP contribution in [0.5, 0.6) is 0 Å². The average molecular weight is 597 g/mol. The quantitative estimate of drug-likeness (QED) is 0.385. The number of Topliss-reactive ketones (excluding diaryl/α,β-unsaturated/α-hetero) is 1. The predicted molar refractivity (Wildman–Crippen MR) is 140 cm³/mol. The highest BCUT2D eigenvalue weighted by molar-refractivity contribution is 9.12. The number of amides is 1. The number of rotatable bonds is 8. The van der Waals surface area contributed by atoms with Crippen LogP contribution in [-0.2, 0) is 14.3 Å². The van der Waals surface area contributed by atoms with Crippen molar-refractivity contribution >= 4 is 62.5 Å². The maximum absolute atomic E-state index is 12.7. The Labute approximate surface area is 226 Å². The summed E-state index contributed by atoms with van der Waals surface area (Å²) in [6.07, 6.45) is 4.25. The van der Waals surface area contributed by atoms with Crippen molar-refractivity contribution < 1.29 is 24.2 Å². The fourth-order valence-electron chi connectivity index (χ4n) is 4.77. The smallest absolute Gasteiger partial charge is 0.326 e. The minimum absolute atomic E-state index is 0.0139. The summed E-state index contributed by atoms with van der Waals surface area (Å²) >= 11 is 15.5. The molecular formula is C25H24BrCl2N3O5. The minimum Gasteiger partial charge on any atom is -0.480 e. The van der Waals surface area contributed by atoms with Crippen molar-refractivity contribution in [1.82, 2.24) is 10.3 Å². The number of benzene rings is 1. The molecule has 0 radical (unpaired) electrons. The van der Waals surface area contributed by atoms with Gasteiger partial charge in [-0.1, -0.05) is 42.3 Å². The van der Waals surface area contributed by atoms with E-state index in [9.17, 15) is 19.5 Å². The van der Waals surface area contributed by atoms with Crippen LogP contribution in [0.4, 0.5) is 5.69 Å². The third-order valence-corrected chi connectivity index (χ3v) is 8.09. The number of aromatic nitrogens is 1. The monoisotopic (exact) mass is 595 g/mol. The van der Waals surface area contributed by atoms with Gasteiger partial charge in [-0.25, -0.2) is 4.79 Å². The highest BCUT2D eigenvalue weighted by Gasteiger charge is 2.54. The van der Waals surface area contributed by atoms with E-state index in [4.69, 9.17) is 27.9 Å². The van der Waals surface area contributed by atoms with Gasteiger partial charge >= 0.3 is 5.97 Å². The number of halogens is 3. The SMILES string of the molecule is CCC(c1ccc(NC(=O)c2c(Cl)cncc2Cl)cc1)[C@H](NC1=C(Br)C(=O)C12CCOCC2)C(=O)O. The highest BCUT2D eigenvalue weighted by atomic mass is 79.9. The molecular weight excluding hydrogens is 573 g/mol. The van der Waals surface area contributed by atoms with Crippen LogP contribution in [0.25, 0.3) is 0 Å². The molecule has 0 saturated carbocycles. The Morgan fingerprint density at radius 1 is 1.17 bits per heavy atom.